The van der Waals surface area contributed by atoms with Crippen molar-refractivity contribution in [1.82, 2.24) is 15.1 Å². The van der Waals surface area contributed by atoms with Gasteiger partial charge in [0.1, 0.15) is 12.7 Å². The van der Waals surface area contributed by atoms with Gasteiger partial charge in [-0.05, 0) is 19.4 Å². The predicted molar refractivity (Wildman–Crippen MR) is 121 cm³/mol. The maximum Gasteiger partial charge on any atom is 0.410 e. The minimum Gasteiger partial charge on any atom is -0.445 e. The fraction of sp³-hybridized carbons (Fsp3) is 0.625. The van der Waals surface area contributed by atoms with Gasteiger partial charge in [-0.25, -0.2) is 4.79 Å². The van der Waals surface area contributed by atoms with E-state index < -0.39 is 17.3 Å². The second kappa shape index (κ2) is 10.5. The third kappa shape index (κ3) is 6.91. The van der Waals surface area contributed by atoms with Crippen LogP contribution in [0.3, 0.4) is 0 Å². The molecular formula is C24H35N3O6. The molecule has 2 aliphatic heterocycles. The first kappa shape index (κ1) is 25.0. The Bertz CT molecular complexity index is 834. The molecular weight excluding hydrogens is 426 g/mol. The van der Waals surface area contributed by atoms with Crippen molar-refractivity contribution in [3.63, 3.8) is 0 Å². The van der Waals surface area contributed by atoms with Crippen LogP contribution in [0, 0.1) is 5.41 Å². The molecule has 1 unspecified atom stereocenters. The Morgan fingerprint density at radius 1 is 1.03 bits per heavy atom. The van der Waals surface area contributed by atoms with Crippen LogP contribution in [0.2, 0.25) is 0 Å². The van der Waals surface area contributed by atoms with Gasteiger partial charge in [0.25, 0.3) is 0 Å². The van der Waals surface area contributed by atoms with E-state index in [4.69, 9.17) is 14.2 Å². The summed E-state index contributed by atoms with van der Waals surface area (Å²) in [5.74, 6) is -1.12. The molecule has 2 fully saturated rings. The Morgan fingerprint density at radius 2 is 1.67 bits per heavy atom. The minimum atomic E-state index is -0.824. The van der Waals surface area contributed by atoms with E-state index in [-0.39, 0.29) is 37.5 Å². The monoisotopic (exact) mass is 461 g/mol. The zero-order valence-electron chi connectivity index (χ0n) is 20.0. The van der Waals surface area contributed by atoms with Crippen molar-refractivity contribution < 1.29 is 28.6 Å². The van der Waals surface area contributed by atoms with Crippen LogP contribution in [0.5, 0.6) is 0 Å². The van der Waals surface area contributed by atoms with Gasteiger partial charge in [-0.2, -0.15) is 0 Å². The van der Waals surface area contributed by atoms with Crippen LogP contribution >= 0.6 is 0 Å². The van der Waals surface area contributed by atoms with Crippen molar-refractivity contribution in [2.75, 3.05) is 39.3 Å². The molecule has 3 amide bonds. The highest BCUT2D eigenvalue weighted by molar-refractivity contribution is 5.83. The van der Waals surface area contributed by atoms with Crippen LogP contribution in [0.4, 0.5) is 4.79 Å². The normalized spacial score (nSPS) is 21.9. The fourth-order valence-electron chi connectivity index (χ4n) is 3.81. The van der Waals surface area contributed by atoms with E-state index in [0.29, 0.717) is 32.8 Å². The van der Waals surface area contributed by atoms with Gasteiger partial charge in [-0.3, -0.25) is 9.59 Å². The van der Waals surface area contributed by atoms with Crippen LogP contribution in [0.15, 0.2) is 30.3 Å². The summed E-state index contributed by atoms with van der Waals surface area (Å²) >= 11 is 0. The number of hydrogen-bond donors (Lipinski definition) is 1. The predicted octanol–water partition coefficient (Wildman–Crippen LogP) is 2.15. The lowest BCUT2D eigenvalue weighted by atomic mass is 9.85. The molecule has 3 rings (SSSR count). The van der Waals surface area contributed by atoms with Crippen LogP contribution < -0.4 is 5.32 Å². The molecule has 0 bridgehead atoms. The number of nitrogens with one attached hydrogen (secondary N) is 1. The molecule has 9 nitrogen and oxygen atoms in total. The average Bonchev–Trinajstić information content (AvgIpc) is 2.80. The second-order valence-corrected chi connectivity index (χ2v) is 9.62. The Hall–Kier alpha value is -2.65. The van der Waals surface area contributed by atoms with E-state index in [1.165, 1.54) is 0 Å². The van der Waals surface area contributed by atoms with Crippen LogP contribution in [0.1, 0.15) is 39.7 Å². The van der Waals surface area contributed by atoms with Crippen molar-refractivity contribution in [3.05, 3.63) is 35.9 Å². The minimum absolute atomic E-state index is 0.0555. The second-order valence-electron chi connectivity index (χ2n) is 9.62. The van der Waals surface area contributed by atoms with Gasteiger partial charge in [0.2, 0.25) is 11.8 Å². The lowest BCUT2D eigenvalue weighted by Crippen LogP contribution is -2.56. The number of piperazine rings is 1. The number of carbonyl (C=O) groups is 3. The molecule has 33 heavy (non-hydrogen) atoms. The number of ether oxygens (including phenoxy) is 3. The highest BCUT2D eigenvalue weighted by Gasteiger charge is 2.45. The third-order valence-electron chi connectivity index (χ3n) is 5.88. The van der Waals surface area contributed by atoms with Crippen molar-refractivity contribution >= 4 is 17.9 Å². The molecule has 2 aliphatic rings. The molecule has 1 aromatic rings. The zero-order chi connectivity index (χ0) is 24.1. The van der Waals surface area contributed by atoms with Crippen molar-refractivity contribution in [1.29, 1.82) is 0 Å². The van der Waals surface area contributed by atoms with Crippen LogP contribution in [-0.4, -0.2) is 78.9 Å². The molecule has 0 radical (unpaired) electrons. The van der Waals surface area contributed by atoms with Gasteiger partial charge >= 0.3 is 6.09 Å². The van der Waals surface area contributed by atoms with Gasteiger partial charge in [-0.15, -0.1) is 0 Å². The first-order valence-electron chi connectivity index (χ1n) is 11.4. The van der Waals surface area contributed by atoms with Crippen LogP contribution in [-0.2, 0) is 30.4 Å². The molecule has 2 saturated heterocycles. The number of rotatable bonds is 6. The van der Waals surface area contributed by atoms with Crippen molar-refractivity contribution in [2.24, 2.45) is 5.41 Å². The first-order valence-corrected chi connectivity index (χ1v) is 11.4. The SMILES string of the molecule is CC1(C)OCC(C)(C)C(C(=O)NCCC(=O)N2CCN(C(=O)OCc3ccccc3)CC2)O1. The Balaban J connectivity index is 1.37. The summed E-state index contributed by atoms with van der Waals surface area (Å²) in [5, 5.41) is 2.82. The van der Waals surface area contributed by atoms with E-state index >= 15 is 0 Å². The summed E-state index contributed by atoms with van der Waals surface area (Å²) in [5.41, 5.74) is 0.467. The largest absolute Gasteiger partial charge is 0.445 e. The van der Waals surface area contributed by atoms with E-state index in [1.54, 1.807) is 23.6 Å². The highest BCUT2D eigenvalue weighted by atomic mass is 16.7. The van der Waals surface area contributed by atoms with Gasteiger partial charge in [0.15, 0.2) is 5.79 Å². The molecule has 2 heterocycles. The summed E-state index contributed by atoms with van der Waals surface area (Å²) in [6.07, 6.45) is -0.834. The van der Waals surface area contributed by atoms with E-state index in [1.807, 2.05) is 44.2 Å². The smallest absolute Gasteiger partial charge is 0.410 e. The van der Waals surface area contributed by atoms with E-state index in [0.717, 1.165) is 5.56 Å². The molecule has 0 spiro atoms. The average molecular weight is 462 g/mol. The standard InChI is InChI=1S/C24H35N3O6/c1-23(2)17-32-24(3,4)33-20(23)21(29)25-11-10-19(28)26-12-14-27(15-13-26)22(30)31-16-18-8-6-5-7-9-18/h5-9,20H,10-17H2,1-4H3,(H,25,29). The van der Waals surface area contributed by atoms with Crippen molar-refractivity contribution in [2.45, 2.75) is 52.6 Å². The fourth-order valence-corrected chi connectivity index (χ4v) is 3.81. The van der Waals surface area contributed by atoms with Gasteiger partial charge in [0, 0.05) is 44.6 Å². The maximum absolute atomic E-state index is 12.7. The van der Waals surface area contributed by atoms with E-state index in [2.05, 4.69) is 5.32 Å². The Labute approximate surface area is 195 Å². The number of amides is 3. The van der Waals surface area contributed by atoms with Crippen LogP contribution in [0.25, 0.3) is 0 Å². The maximum atomic E-state index is 12.7. The lowest BCUT2D eigenvalue weighted by molar-refractivity contribution is -0.304. The topological polar surface area (TPSA) is 97.4 Å². The summed E-state index contributed by atoms with van der Waals surface area (Å²) in [6.45, 7) is 9.99. The van der Waals surface area contributed by atoms with E-state index in [9.17, 15) is 14.4 Å². The quantitative estimate of drug-likeness (QED) is 0.697. The number of nitrogens with zero attached hydrogens (tertiary/aromatic N) is 2. The summed E-state index contributed by atoms with van der Waals surface area (Å²) in [6, 6.07) is 9.51. The molecule has 182 valence electrons. The Kier molecular flexibility index (Phi) is 7.97. The third-order valence-corrected chi connectivity index (χ3v) is 5.88. The Morgan fingerprint density at radius 3 is 2.33 bits per heavy atom. The number of benzene rings is 1. The van der Waals surface area contributed by atoms with Gasteiger partial charge < -0.3 is 29.3 Å². The molecule has 0 aliphatic carbocycles. The molecule has 0 saturated carbocycles. The zero-order valence-corrected chi connectivity index (χ0v) is 20.0. The molecule has 1 aromatic carbocycles. The highest BCUT2D eigenvalue weighted by Crippen LogP contribution is 2.34. The first-order chi connectivity index (χ1) is 15.6. The lowest BCUT2D eigenvalue weighted by Gasteiger charge is -2.44. The molecule has 1 N–H and O–H groups in total. The van der Waals surface area contributed by atoms with Crippen molar-refractivity contribution in [3.8, 4) is 0 Å². The molecule has 0 aromatic heterocycles. The summed E-state index contributed by atoms with van der Waals surface area (Å²) < 4.78 is 16.8. The number of hydrogen-bond acceptors (Lipinski definition) is 6. The van der Waals surface area contributed by atoms with Gasteiger partial charge in [0.05, 0.1) is 6.61 Å². The summed E-state index contributed by atoms with van der Waals surface area (Å²) in [7, 11) is 0. The number of carbonyl (C=O) groups excluding carboxylic acids is 3. The molecule has 9 heteroatoms. The molecule has 1 atom stereocenters. The van der Waals surface area contributed by atoms with Gasteiger partial charge in [-0.1, -0.05) is 44.2 Å². The summed E-state index contributed by atoms with van der Waals surface area (Å²) in [4.78, 5) is 40.8.